The number of esters is 1. The van der Waals surface area contributed by atoms with E-state index < -0.39 is 30.3 Å². The molecular formula is C25H22Cl2N2O4. The van der Waals surface area contributed by atoms with Gasteiger partial charge in [0.1, 0.15) is 6.10 Å². The van der Waals surface area contributed by atoms with Crippen molar-refractivity contribution in [2.75, 3.05) is 7.05 Å². The van der Waals surface area contributed by atoms with Crippen LogP contribution >= 0.6 is 23.2 Å². The highest BCUT2D eigenvalue weighted by Gasteiger charge is 2.47. The molecule has 1 aliphatic heterocycles. The van der Waals surface area contributed by atoms with E-state index in [4.69, 9.17) is 32.7 Å². The third-order valence-electron chi connectivity index (χ3n) is 5.60. The molecule has 0 spiro atoms. The Morgan fingerprint density at radius 1 is 0.970 bits per heavy atom. The number of nitrogens with zero attached hydrogens (tertiary/aromatic N) is 2. The molecule has 1 amide bonds. The first-order chi connectivity index (χ1) is 15.8. The second-order valence-electron chi connectivity index (χ2n) is 7.78. The number of pyridine rings is 1. The molecule has 4 atom stereocenters. The van der Waals surface area contributed by atoms with E-state index in [0.717, 1.165) is 11.1 Å². The largest absolute Gasteiger partial charge is 0.454 e. The van der Waals surface area contributed by atoms with Crippen molar-refractivity contribution in [3.63, 3.8) is 0 Å². The average molecular weight is 485 g/mol. The minimum Gasteiger partial charge on any atom is -0.454 e. The number of carbonyl (C=O) groups excluding carboxylic acids is 2. The van der Waals surface area contributed by atoms with Crippen LogP contribution in [0.3, 0.4) is 0 Å². The number of carbonyl (C=O) groups is 2. The lowest BCUT2D eigenvalue weighted by Gasteiger charge is -2.44. The molecule has 4 rings (SSSR count). The normalized spacial score (nSPS) is 21.5. The smallest absolute Gasteiger partial charge is 0.303 e. The Kier molecular flexibility index (Phi) is 6.98. The van der Waals surface area contributed by atoms with Crippen LogP contribution < -0.4 is 0 Å². The molecule has 2 aromatic carbocycles. The first kappa shape index (κ1) is 23.2. The predicted octanol–water partition coefficient (Wildman–Crippen LogP) is 5.33. The van der Waals surface area contributed by atoms with Crippen molar-refractivity contribution in [2.45, 2.75) is 31.3 Å². The summed E-state index contributed by atoms with van der Waals surface area (Å²) >= 11 is 12.2. The summed E-state index contributed by atoms with van der Waals surface area (Å²) in [5.41, 5.74) is 2.31. The van der Waals surface area contributed by atoms with Crippen molar-refractivity contribution in [2.24, 2.45) is 0 Å². The number of benzene rings is 2. The molecular weight excluding hydrogens is 463 g/mol. The minimum absolute atomic E-state index is 0.303. The Morgan fingerprint density at radius 2 is 1.52 bits per heavy atom. The van der Waals surface area contributed by atoms with Crippen LogP contribution in [0.2, 0.25) is 10.0 Å². The Balaban J connectivity index is 1.78. The van der Waals surface area contributed by atoms with Gasteiger partial charge in [0.25, 0.3) is 5.91 Å². The lowest BCUT2D eigenvalue weighted by molar-refractivity contribution is -0.193. The molecule has 1 aromatic heterocycles. The molecule has 6 nitrogen and oxygen atoms in total. The molecule has 0 radical (unpaired) electrons. The van der Waals surface area contributed by atoms with Gasteiger partial charge < -0.3 is 14.4 Å². The second-order valence-corrected chi connectivity index (χ2v) is 8.66. The standard InChI is InChI=1S/C25H22Cl2N2O4/c1-15(30)32-23(18-11-13-28-14-12-18)24-25(31)29(2)21(16-3-7-19(26)8-4-16)22(33-24)17-5-9-20(27)10-6-17/h3-14,21-24H,1-2H3/t21-,22+,23?,24?/m0/s1. The third kappa shape index (κ3) is 5.03. The van der Waals surface area contributed by atoms with E-state index >= 15 is 0 Å². The van der Waals surface area contributed by atoms with Crippen LogP contribution in [0.4, 0.5) is 0 Å². The zero-order valence-corrected chi connectivity index (χ0v) is 19.5. The third-order valence-corrected chi connectivity index (χ3v) is 6.10. The number of likely N-dealkylation sites (N-methyl/N-ethyl adjacent to an activating group) is 1. The van der Waals surface area contributed by atoms with E-state index in [0.29, 0.717) is 15.6 Å². The van der Waals surface area contributed by atoms with Gasteiger partial charge >= 0.3 is 5.97 Å². The van der Waals surface area contributed by atoms with Crippen LogP contribution in [-0.4, -0.2) is 34.9 Å². The van der Waals surface area contributed by atoms with Gasteiger partial charge in [-0.25, -0.2) is 0 Å². The fourth-order valence-corrected chi connectivity index (χ4v) is 4.29. The monoisotopic (exact) mass is 484 g/mol. The van der Waals surface area contributed by atoms with Crippen LogP contribution in [0.5, 0.6) is 0 Å². The topological polar surface area (TPSA) is 68.7 Å². The lowest BCUT2D eigenvalue weighted by Crippen LogP contribution is -2.51. The van der Waals surface area contributed by atoms with Crippen molar-refractivity contribution in [1.82, 2.24) is 9.88 Å². The summed E-state index contributed by atoms with van der Waals surface area (Å²) < 4.78 is 12.0. The SMILES string of the molecule is CC(=O)OC(c1ccncc1)C1O[C@H](c2ccc(Cl)cc2)[C@H](c2ccc(Cl)cc2)N(C)C1=O. The van der Waals surface area contributed by atoms with E-state index in [1.165, 1.54) is 6.92 Å². The molecule has 1 saturated heterocycles. The molecule has 0 bridgehead atoms. The zero-order valence-electron chi connectivity index (χ0n) is 18.0. The van der Waals surface area contributed by atoms with Gasteiger partial charge in [-0.3, -0.25) is 14.6 Å². The summed E-state index contributed by atoms with van der Waals surface area (Å²) in [6.07, 6.45) is 0.634. The van der Waals surface area contributed by atoms with Crippen LogP contribution in [0, 0.1) is 0 Å². The maximum absolute atomic E-state index is 13.6. The first-order valence-corrected chi connectivity index (χ1v) is 11.1. The quantitative estimate of drug-likeness (QED) is 0.457. The van der Waals surface area contributed by atoms with Gasteiger partial charge in [0.05, 0.1) is 6.04 Å². The number of ether oxygens (including phenoxy) is 2. The number of aromatic nitrogens is 1. The molecule has 0 N–H and O–H groups in total. The van der Waals surface area contributed by atoms with Crippen molar-refractivity contribution in [1.29, 1.82) is 0 Å². The summed E-state index contributed by atoms with van der Waals surface area (Å²) in [7, 11) is 1.72. The summed E-state index contributed by atoms with van der Waals surface area (Å²) in [5, 5.41) is 1.19. The Bertz CT molecular complexity index is 1120. The molecule has 0 saturated carbocycles. The van der Waals surface area contributed by atoms with Crippen LogP contribution in [-0.2, 0) is 19.1 Å². The number of amides is 1. The van der Waals surface area contributed by atoms with Crippen LogP contribution in [0.1, 0.15) is 41.9 Å². The van der Waals surface area contributed by atoms with Crippen molar-refractivity contribution < 1.29 is 19.1 Å². The molecule has 0 aliphatic carbocycles. The van der Waals surface area contributed by atoms with Gasteiger partial charge in [-0.1, -0.05) is 47.5 Å². The number of rotatable bonds is 5. The van der Waals surface area contributed by atoms with Crippen molar-refractivity contribution >= 4 is 35.1 Å². The van der Waals surface area contributed by atoms with E-state index in [-0.39, 0.29) is 5.91 Å². The molecule has 2 heterocycles. The number of halogens is 2. The molecule has 1 fully saturated rings. The molecule has 33 heavy (non-hydrogen) atoms. The number of hydrogen-bond acceptors (Lipinski definition) is 5. The predicted molar refractivity (Wildman–Crippen MR) is 125 cm³/mol. The molecule has 3 aromatic rings. The van der Waals surface area contributed by atoms with E-state index in [2.05, 4.69) is 4.98 Å². The zero-order chi connectivity index (χ0) is 23.5. The minimum atomic E-state index is -1.05. The molecule has 8 heteroatoms. The lowest BCUT2D eigenvalue weighted by atomic mass is 9.90. The summed E-state index contributed by atoms with van der Waals surface area (Å²) in [6.45, 7) is 1.30. The average Bonchev–Trinajstić information content (AvgIpc) is 2.81. The summed E-state index contributed by atoms with van der Waals surface area (Å²) in [6, 6.07) is 17.5. The Hall–Kier alpha value is -2.93. The maximum atomic E-state index is 13.6. The van der Waals surface area contributed by atoms with Gasteiger partial charge in [-0.15, -0.1) is 0 Å². The highest BCUT2D eigenvalue weighted by atomic mass is 35.5. The van der Waals surface area contributed by atoms with Gasteiger partial charge in [-0.2, -0.15) is 0 Å². The van der Waals surface area contributed by atoms with Gasteiger partial charge in [0.2, 0.25) is 0 Å². The van der Waals surface area contributed by atoms with Gasteiger partial charge in [0, 0.05) is 36.4 Å². The maximum Gasteiger partial charge on any atom is 0.303 e. The number of hydrogen-bond donors (Lipinski definition) is 0. The van der Waals surface area contributed by atoms with E-state index in [1.54, 1.807) is 60.7 Å². The highest BCUT2D eigenvalue weighted by molar-refractivity contribution is 6.30. The molecule has 170 valence electrons. The first-order valence-electron chi connectivity index (χ1n) is 10.4. The van der Waals surface area contributed by atoms with Crippen LogP contribution in [0.15, 0.2) is 73.1 Å². The van der Waals surface area contributed by atoms with Gasteiger partial charge in [0.15, 0.2) is 12.2 Å². The van der Waals surface area contributed by atoms with E-state index in [1.807, 2.05) is 24.3 Å². The second kappa shape index (κ2) is 9.91. The molecule has 1 aliphatic rings. The van der Waals surface area contributed by atoms with E-state index in [9.17, 15) is 9.59 Å². The Labute approximate surface area is 202 Å². The fraction of sp³-hybridized carbons (Fsp3) is 0.240. The van der Waals surface area contributed by atoms with Gasteiger partial charge in [-0.05, 0) is 53.1 Å². The molecule has 2 unspecified atom stereocenters. The highest BCUT2D eigenvalue weighted by Crippen LogP contribution is 2.44. The van der Waals surface area contributed by atoms with Crippen molar-refractivity contribution in [3.8, 4) is 0 Å². The fourth-order valence-electron chi connectivity index (χ4n) is 4.04. The Morgan fingerprint density at radius 3 is 2.06 bits per heavy atom. The number of morpholine rings is 1. The van der Waals surface area contributed by atoms with Crippen LogP contribution in [0.25, 0.3) is 0 Å². The summed E-state index contributed by atoms with van der Waals surface area (Å²) in [4.78, 5) is 31.1. The van der Waals surface area contributed by atoms with Crippen molar-refractivity contribution in [3.05, 3.63) is 99.8 Å². The summed E-state index contributed by atoms with van der Waals surface area (Å²) in [5.74, 6) is -0.818.